The number of anilines is 4. The standard InChI is InChI=1S/C30H29F3N6O.C23H25F2N3O.C7H6IN3/c1-2-38-13-15-39(16-14-38)19-23-11-12-24(18-25(23)30(31,32)33)35-29(40)22-7-3-5-20(17-22)9-10-21-6-4-8-26-27(21)28(34)37-36-26;1-3-17-6-5-7-18(14-17)23(29)26-20-9-8-19(21(15-20)22(24)25)16-28-12-10-27(4-2)11-13-28;8-4-2-1-3-5-6(4)7(9)11-10-5/h3-8,11-12,17-18H,2,13-16,19H2,1H3,(H,35,40)(H3,34,36,37);1,5-9,14-15,22H,4,10-13,16H2,2H3,(H,26,29);1-3H,(H3,9,10,11). The summed E-state index contributed by atoms with van der Waals surface area (Å²) >= 11 is 2.24. The average Bonchev–Trinajstić information content (AvgIpc) is 4.05. The van der Waals surface area contributed by atoms with Crippen molar-refractivity contribution >= 4 is 79.2 Å². The molecule has 4 heterocycles. The van der Waals surface area contributed by atoms with Gasteiger partial charge in [0.2, 0.25) is 0 Å². The van der Waals surface area contributed by atoms with E-state index in [0.717, 1.165) is 83.8 Å². The van der Waals surface area contributed by atoms with Crippen LogP contribution in [0.15, 0.2) is 121 Å². The summed E-state index contributed by atoms with van der Waals surface area (Å²) in [6, 6.07) is 33.4. The Hall–Kier alpha value is -7.86. The zero-order valence-corrected chi connectivity index (χ0v) is 46.3. The summed E-state index contributed by atoms with van der Waals surface area (Å²) in [7, 11) is 0. The lowest BCUT2D eigenvalue weighted by Gasteiger charge is -2.34. The monoisotopic (exact) mass is 1200 g/mol. The van der Waals surface area contributed by atoms with Crippen LogP contribution in [0, 0.1) is 27.8 Å². The fourth-order valence-electron chi connectivity index (χ4n) is 9.38. The molecule has 2 aromatic heterocycles. The highest BCUT2D eigenvalue weighted by Crippen LogP contribution is 2.35. The Kier molecular flexibility index (Phi) is 19.6. The lowest BCUT2D eigenvalue weighted by molar-refractivity contribution is -0.138. The van der Waals surface area contributed by atoms with Crippen molar-refractivity contribution in [3.05, 3.63) is 175 Å². The quantitative estimate of drug-likeness (QED) is 0.0415. The number of alkyl halides is 5. The van der Waals surface area contributed by atoms with Crippen LogP contribution >= 0.6 is 22.6 Å². The molecule has 0 aliphatic carbocycles. The fourth-order valence-corrected chi connectivity index (χ4v) is 10.1. The summed E-state index contributed by atoms with van der Waals surface area (Å²) in [4.78, 5) is 34.3. The largest absolute Gasteiger partial charge is 0.416 e. The number of hydrogen-bond donors (Lipinski definition) is 6. The van der Waals surface area contributed by atoms with Gasteiger partial charge in [-0.05, 0) is 132 Å². The smallest absolute Gasteiger partial charge is 0.382 e. The number of H-pyrrole nitrogens is 2. The first-order valence-corrected chi connectivity index (χ1v) is 27.0. The molecule has 20 heteroatoms. The van der Waals surface area contributed by atoms with Gasteiger partial charge in [0, 0.05) is 114 Å². The van der Waals surface area contributed by atoms with Gasteiger partial charge in [-0.3, -0.25) is 29.6 Å². The molecule has 0 atom stereocenters. The number of amides is 2. The van der Waals surface area contributed by atoms with Crippen LogP contribution in [-0.2, 0) is 19.3 Å². The second kappa shape index (κ2) is 26.9. The highest BCUT2D eigenvalue weighted by molar-refractivity contribution is 14.1. The summed E-state index contributed by atoms with van der Waals surface area (Å²) in [5.41, 5.74) is 16.3. The maximum absolute atomic E-state index is 14.0. The van der Waals surface area contributed by atoms with E-state index in [1.807, 2.05) is 41.3 Å². The molecule has 2 fully saturated rings. The van der Waals surface area contributed by atoms with E-state index >= 15 is 0 Å². The molecule has 80 heavy (non-hydrogen) atoms. The number of nitrogens with zero attached hydrogens (tertiary/aromatic N) is 6. The molecule has 2 aliphatic heterocycles. The van der Waals surface area contributed by atoms with Crippen LogP contribution < -0.4 is 22.1 Å². The van der Waals surface area contributed by atoms with Crippen molar-refractivity contribution in [1.29, 1.82) is 0 Å². The Morgan fingerprint density at radius 2 is 1.12 bits per heavy atom. The van der Waals surface area contributed by atoms with Gasteiger partial charge in [-0.2, -0.15) is 23.4 Å². The zero-order chi connectivity index (χ0) is 56.9. The number of nitrogen functional groups attached to an aromatic ring is 2. The number of fused-ring (bicyclic) bond motifs is 2. The molecule has 2 amide bonds. The van der Waals surface area contributed by atoms with E-state index in [4.69, 9.17) is 17.9 Å². The van der Waals surface area contributed by atoms with Crippen molar-refractivity contribution in [2.45, 2.75) is 39.5 Å². The van der Waals surface area contributed by atoms with Crippen LogP contribution in [0.2, 0.25) is 0 Å². The fraction of sp³-hybridized carbons (Fsp3) is 0.267. The molecule has 14 nitrogen and oxygen atoms in total. The number of carbonyl (C=O) groups excluding carboxylic acids is 2. The predicted octanol–water partition coefficient (Wildman–Crippen LogP) is 10.7. The van der Waals surface area contributed by atoms with Gasteiger partial charge in [-0.1, -0.05) is 68.0 Å². The third kappa shape index (κ3) is 15.1. The third-order valence-corrected chi connectivity index (χ3v) is 14.8. The molecule has 0 radical (unpaired) electrons. The molecule has 0 bridgehead atoms. The summed E-state index contributed by atoms with van der Waals surface area (Å²) < 4.78 is 70.4. The molecule has 0 spiro atoms. The van der Waals surface area contributed by atoms with Crippen LogP contribution in [0.25, 0.3) is 21.8 Å². The summed E-state index contributed by atoms with van der Waals surface area (Å²) in [5, 5.41) is 20.6. The third-order valence-electron chi connectivity index (χ3n) is 13.9. The number of aromatic nitrogens is 4. The van der Waals surface area contributed by atoms with Crippen LogP contribution in [-0.4, -0.2) is 117 Å². The summed E-state index contributed by atoms with van der Waals surface area (Å²) in [5.74, 6) is 8.57. The van der Waals surface area contributed by atoms with E-state index in [1.54, 1.807) is 60.7 Å². The first kappa shape index (κ1) is 58.3. The van der Waals surface area contributed by atoms with Crippen molar-refractivity contribution in [3.63, 3.8) is 0 Å². The normalized spacial score (nSPS) is 14.3. The molecular formula is C60H60F5IN12O2. The SMILES string of the molecule is C#Cc1cccc(C(=O)Nc2ccc(CN3CCN(CC)CC3)c(C(F)F)c2)c1.CCN1CCN(Cc2ccc(NC(=O)c3cccc(C#Cc4cccc5[nH]nc(N)c45)c3)cc2C(F)(F)F)CC1.Nc1n[nH]c2cccc(I)c12. The molecule has 0 saturated carbocycles. The number of halogens is 6. The van der Waals surface area contributed by atoms with Gasteiger partial charge in [-0.15, -0.1) is 6.42 Å². The van der Waals surface area contributed by atoms with Gasteiger partial charge in [0.15, 0.2) is 11.6 Å². The number of hydrogen-bond acceptors (Lipinski definition) is 10. The van der Waals surface area contributed by atoms with Crippen molar-refractivity contribution in [3.8, 4) is 24.2 Å². The maximum atomic E-state index is 14.0. The van der Waals surface area contributed by atoms with Crippen LogP contribution in [0.1, 0.15) is 79.9 Å². The number of carbonyl (C=O) groups is 2. The molecule has 6 aromatic carbocycles. The number of terminal acetylenes is 1. The number of piperazine rings is 2. The van der Waals surface area contributed by atoms with Crippen LogP contribution in [0.4, 0.5) is 45.0 Å². The van der Waals surface area contributed by atoms with Crippen LogP contribution in [0.5, 0.6) is 0 Å². The topological polar surface area (TPSA) is 181 Å². The first-order chi connectivity index (χ1) is 38.5. The number of benzene rings is 6. The van der Waals surface area contributed by atoms with Crippen molar-refractivity contribution in [2.24, 2.45) is 0 Å². The van der Waals surface area contributed by atoms with Gasteiger partial charge in [0.1, 0.15) is 0 Å². The van der Waals surface area contributed by atoms with E-state index in [1.165, 1.54) is 18.2 Å². The van der Waals surface area contributed by atoms with E-state index in [9.17, 15) is 31.5 Å². The number of aromatic amines is 2. The Labute approximate surface area is 474 Å². The van der Waals surface area contributed by atoms with Gasteiger partial charge >= 0.3 is 6.18 Å². The van der Waals surface area contributed by atoms with Crippen molar-refractivity contribution < 1.29 is 31.5 Å². The van der Waals surface area contributed by atoms with E-state index in [2.05, 4.69) is 99.9 Å². The van der Waals surface area contributed by atoms with Crippen molar-refractivity contribution in [1.82, 2.24) is 40.0 Å². The second-order valence-corrected chi connectivity index (χ2v) is 20.2. The van der Waals surface area contributed by atoms with Crippen LogP contribution in [0.3, 0.4) is 0 Å². The Morgan fingerprint density at radius 3 is 1.68 bits per heavy atom. The highest BCUT2D eigenvalue weighted by Gasteiger charge is 2.34. The van der Waals surface area contributed by atoms with Gasteiger partial charge in [0.05, 0.1) is 27.4 Å². The minimum absolute atomic E-state index is 0.0434. The predicted molar refractivity (Wildman–Crippen MR) is 314 cm³/mol. The van der Waals surface area contributed by atoms with E-state index < -0.39 is 24.1 Å². The number of rotatable bonds is 11. The lowest BCUT2D eigenvalue weighted by atomic mass is 10.0. The van der Waals surface area contributed by atoms with Crippen molar-refractivity contribution in [2.75, 3.05) is 87.5 Å². The summed E-state index contributed by atoms with van der Waals surface area (Å²) in [6.45, 7) is 13.6. The van der Waals surface area contributed by atoms with Gasteiger partial charge in [-0.25, -0.2) is 8.78 Å². The molecule has 8 N–H and O–H groups in total. The Morgan fingerprint density at radius 1 is 0.637 bits per heavy atom. The molecule has 2 aliphatic rings. The zero-order valence-electron chi connectivity index (χ0n) is 44.1. The average molecular weight is 1200 g/mol. The van der Waals surface area contributed by atoms with E-state index in [-0.39, 0.29) is 34.8 Å². The minimum Gasteiger partial charge on any atom is -0.382 e. The molecule has 10 rings (SSSR count). The molecule has 414 valence electrons. The number of likely N-dealkylation sites (N-methyl/N-ethyl adjacent to an activating group) is 2. The molecule has 2 saturated heterocycles. The van der Waals surface area contributed by atoms with E-state index in [0.29, 0.717) is 64.8 Å². The molecule has 8 aromatic rings. The lowest BCUT2D eigenvalue weighted by Crippen LogP contribution is -2.45. The van der Waals surface area contributed by atoms with Gasteiger partial charge < -0.3 is 31.9 Å². The number of nitrogens with two attached hydrogens (primary N) is 2. The second-order valence-electron chi connectivity index (χ2n) is 19.1. The Bertz CT molecular complexity index is 3570. The minimum atomic E-state index is -4.54. The number of nitrogens with one attached hydrogen (secondary N) is 4. The first-order valence-electron chi connectivity index (χ1n) is 25.9. The maximum Gasteiger partial charge on any atom is 0.416 e. The molecule has 0 unspecified atom stereocenters. The Balaban J connectivity index is 0.000000182. The summed E-state index contributed by atoms with van der Waals surface area (Å²) in [6.07, 6.45) is -1.79. The highest BCUT2D eigenvalue weighted by atomic mass is 127. The molecular weight excluding hydrogens is 1140 g/mol. The van der Waals surface area contributed by atoms with Gasteiger partial charge in [0.25, 0.3) is 18.2 Å².